The van der Waals surface area contributed by atoms with Gasteiger partial charge in [-0.1, -0.05) is 12.1 Å². The van der Waals surface area contributed by atoms with E-state index in [1.165, 1.54) is 30.9 Å². The highest BCUT2D eigenvalue weighted by atomic mass is 19.4. The van der Waals surface area contributed by atoms with Gasteiger partial charge in [0.2, 0.25) is 6.41 Å². The Hall–Kier alpha value is -3.56. The van der Waals surface area contributed by atoms with E-state index in [1.807, 2.05) is 0 Å². The molecule has 0 aromatic heterocycles. The van der Waals surface area contributed by atoms with Gasteiger partial charge in [-0.25, -0.2) is 9.59 Å². The van der Waals surface area contributed by atoms with Crippen LogP contribution in [0.4, 0.5) is 23.7 Å². The Kier molecular flexibility index (Phi) is 7.97. The van der Waals surface area contributed by atoms with E-state index < -0.39 is 29.3 Å². The molecule has 3 amide bonds. The average Bonchev–Trinajstić information content (AvgIpc) is 2.74. The Labute approximate surface area is 195 Å². The summed E-state index contributed by atoms with van der Waals surface area (Å²) in [4.78, 5) is 38.2. The van der Waals surface area contributed by atoms with Crippen LogP contribution in [0.15, 0.2) is 36.4 Å². The molecule has 0 saturated carbocycles. The van der Waals surface area contributed by atoms with E-state index in [1.54, 1.807) is 32.9 Å². The highest BCUT2D eigenvalue weighted by molar-refractivity contribution is 5.97. The van der Waals surface area contributed by atoms with Crippen molar-refractivity contribution in [2.75, 3.05) is 11.4 Å². The van der Waals surface area contributed by atoms with Gasteiger partial charge in [-0.05, 0) is 75.6 Å². The fourth-order valence-electron chi connectivity index (χ4n) is 3.35. The van der Waals surface area contributed by atoms with Crippen LogP contribution in [0.25, 0.3) is 0 Å². The van der Waals surface area contributed by atoms with Crippen LogP contribution in [-0.4, -0.2) is 40.6 Å². The Morgan fingerprint density at radius 2 is 1.59 bits per heavy atom. The fraction of sp³-hybridized carbons (Fsp3) is 0.375. The van der Waals surface area contributed by atoms with Gasteiger partial charge in [0.25, 0.3) is 0 Å². The average molecular weight is 480 g/mol. The zero-order valence-corrected chi connectivity index (χ0v) is 19.6. The molecule has 7 nitrogen and oxygen atoms in total. The molecule has 0 aliphatic heterocycles. The number of amides is 3. The lowest BCUT2D eigenvalue weighted by atomic mass is 10.0. The van der Waals surface area contributed by atoms with Crippen molar-refractivity contribution in [2.45, 2.75) is 52.9 Å². The van der Waals surface area contributed by atoms with E-state index in [4.69, 9.17) is 4.74 Å². The normalized spacial score (nSPS) is 11.6. The highest BCUT2D eigenvalue weighted by Crippen LogP contribution is 2.31. The summed E-state index contributed by atoms with van der Waals surface area (Å²) in [5.41, 5.74) is -0.231. The van der Waals surface area contributed by atoms with Crippen molar-refractivity contribution >= 4 is 24.1 Å². The molecule has 0 saturated heterocycles. The number of hydrogen-bond donors (Lipinski definition) is 1. The monoisotopic (exact) mass is 480 g/mol. The molecule has 0 spiro atoms. The first-order valence-corrected chi connectivity index (χ1v) is 10.4. The molecule has 0 fully saturated rings. The van der Waals surface area contributed by atoms with Crippen LogP contribution >= 0.6 is 0 Å². The summed E-state index contributed by atoms with van der Waals surface area (Å²) in [6.45, 7) is 7.97. The lowest BCUT2D eigenvalue weighted by Gasteiger charge is -2.27. The number of alkyl halides is 3. The van der Waals surface area contributed by atoms with Crippen molar-refractivity contribution < 1.29 is 37.4 Å². The maximum atomic E-state index is 13.0. The molecule has 0 heterocycles. The standard InChI is InChI=1S/C24H27F3N2O5/c1-6-29(19-9-7-18(8-10-19)24(25,26)27)22(33)28(14-30)13-17-11-15(2)20(16(3)12-17)34-23(4,5)21(31)32/h7-12,14H,6,13H2,1-5H3,(H,31,32). The minimum absolute atomic E-state index is 0.0935. The predicted molar refractivity (Wildman–Crippen MR) is 120 cm³/mol. The van der Waals surface area contributed by atoms with Crippen molar-refractivity contribution in [3.05, 3.63) is 58.7 Å². The van der Waals surface area contributed by atoms with E-state index in [0.29, 0.717) is 28.8 Å². The van der Waals surface area contributed by atoms with Crippen LogP contribution in [0.1, 0.15) is 43.0 Å². The lowest BCUT2D eigenvalue weighted by molar-refractivity contribution is -0.152. The molecule has 2 aromatic carbocycles. The quantitative estimate of drug-likeness (QED) is 0.527. The Morgan fingerprint density at radius 3 is 2.00 bits per heavy atom. The second-order valence-electron chi connectivity index (χ2n) is 8.28. The first-order chi connectivity index (χ1) is 15.7. The van der Waals surface area contributed by atoms with Crippen LogP contribution in [0.3, 0.4) is 0 Å². The largest absolute Gasteiger partial charge is 0.478 e. The lowest BCUT2D eigenvalue weighted by Crippen LogP contribution is -2.42. The van der Waals surface area contributed by atoms with Crippen molar-refractivity contribution in [1.82, 2.24) is 4.90 Å². The minimum Gasteiger partial charge on any atom is -0.478 e. The van der Waals surface area contributed by atoms with Crippen molar-refractivity contribution in [1.29, 1.82) is 0 Å². The predicted octanol–water partition coefficient (Wildman–Crippen LogP) is 5.17. The first-order valence-electron chi connectivity index (χ1n) is 10.4. The van der Waals surface area contributed by atoms with Gasteiger partial charge in [0.1, 0.15) is 5.75 Å². The smallest absolute Gasteiger partial charge is 0.416 e. The summed E-state index contributed by atoms with van der Waals surface area (Å²) in [6, 6.07) is 6.77. The molecule has 34 heavy (non-hydrogen) atoms. The minimum atomic E-state index is -4.50. The Balaban J connectivity index is 2.27. The second-order valence-corrected chi connectivity index (χ2v) is 8.28. The zero-order chi connectivity index (χ0) is 25.8. The third-order valence-corrected chi connectivity index (χ3v) is 5.17. The maximum absolute atomic E-state index is 13.0. The van der Waals surface area contributed by atoms with Gasteiger partial charge in [-0.2, -0.15) is 13.2 Å². The molecule has 0 bridgehead atoms. The van der Waals surface area contributed by atoms with E-state index in [-0.39, 0.29) is 18.8 Å². The molecule has 10 heteroatoms. The summed E-state index contributed by atoms with van der Waals surface area (Å²) in [6.07, 6.45) is -4.14. The Bertz CT molecular complexity index is 1040. The number of carboxylic acid groups (broad SMARTS) is 1. The number of rotatable bonds is 8. The van der Waals surface area contributed by atoms with E-state index in [9.17, 15) is 32.7 Å². The van der Waals surface area contributed by atoms with E-state index >= 15 is 0 Å². The number of urea groups is 1. The number of aryl methyl sites for hydroxylation is 2. The van der Waals surface area contributed by atoms with Crippen molar-refractivity contribution in [3.8, 4) is 5.75 Å². The van der Waals surface area contributed by atoms with Crippen LogP contribution in [0.5, 0.6) is 5.75 Å². The van der Waals surface area contributed by atoms with Crippen LogP contribution in [0, 0.1) is 13.8 Å². The maximum Gasteiger partial charge on any atom is 0.416 e. The van der Waals surface area contributed by atoms with E-state index in [0.717, 1.165) is 17.0 Å². The second kappa shape index (κ2) is 10.1. The molecular weight excluding hydrogens is 453 g/mol. The van der Waals surface area contributed by atoms with Gasteiger partial charge in [0, 0.05) is 12.2 Å². The number of anilines is 1. The third kappa shape index (κ3) is 6.06. The molecule has 2 rings (SSSR count). The summed E-state index contributed by atoms with van der Waals surface area (Å²) in [7, 11) is 0. The van der Waals surface area contributed by atoms with Gasteiger partial charge in [0.15, 0.2) is 5.60 Å². The SMILES string of the molecule is CCN(C(=O)N(C=O)Cc1cc(C)c(OC(C)(C)C(=O)O)c(C)c1)c1ccc(C(F)(F)F)cc1. The molecule has 0 aliphatic carbocycles. The van der Waals surface area contributed by atoms with Crippen molar-refractivity contribution in [3.63, 3.8) is 0 Å². The van der Waals surface area contributed by atoms with Crippen LogP contribution < -0.4 is 9.64 Å². The number of carbonyl (C=O) groups is 3. The summed E-state index contributed by atoms with van der Waals surface area (Å²) < 4.78 is 44.2. The van der Waals surface area contributed by atoms with Crippen molar-refractivity contribution in [2.24, 2.45) is 0 Å². The van der Waals surface area contributed by atoms with Gasteiger partial charge in [-0.15, -0.1) is 0 Å². The van der Waals surface area contributed by atoms with Gasteiger partial charge < -0.3 is 9.84 Å². The molecule has 184 valence electrons. The molecule has 0 radical (unpaired) electrons. The molecule has 1 N–H and O–H groups in total. The topological polar surface area (TPSA) is 87.2 Å². The molecule has 0 atom stereocenters. The van der Waals surface area contributed by atoms with Gasteiger partial charge in [0.05, 0.1) is 12.1 Å². The number of ether oxygens (including phenoxy) is 1. The number of carbonyl (C=O) groups excluding carboxylic acids is 2. The molecular formula is C24H27F3N2O5. The zero-order valence-electron chi connectivity index (χ0n) is 19.6. The number of imide groups is 1. The van der Waals surface area contributed by atoms with Crippen LogP contribution in [0.2, 0.25) is 0 Å². The number of halogens is 3. The Morgan fingerprint density at radius 1 is 1.06 bits per heavy atom. The molecule has 0 aliphatic rings. The first kappa shape index (κ1) is 26.7. The van der Waals surface area contributed by atoms with Gasteiger partial charge in [-0.3, -0.25) is 14.6 Å². The fourth-order valence-corrected chi connectivity index (χ4v) is 3.35. The summed E-state index contributed by atoms with van der Waals surface area (Å²) >= 11 is 0. The summed E-state index contributed by atoms with van der Waals surface area (Å²) in [5.74, 6) is -0.740. The van der Waals surface area contributed by atoms with Gasteiger partial charge >= 0.3 is 18.2 Å². The number of aliphatic carboxylic acids is 1. The van der Waals surface area contributed by atoms with Crippen LogP contribution in [-0.2, 0) is 22.3 Å². The molecule has 2 aromatic rings. The highest BCUT2D eigenvalue weighted by Gasteiger charge is 2.32. The number of nitrogens with zero attached hydrogens (tertiary/aromatic N) is 2. The molecule has 0 unspecified atom stereocenters. The summed E-state index contributed by atoms with van der Waals surface area (Å²) in [5, 5.41) is 9.31. The number of hydrogen-bond acceptors (Lipinski definition) is 4. The third-order valence-electron chi connectivity index (χ3n) is 5.17. The van der Waals surface area contributed by atoms with E-state index in [2.05, 4.69) is 0 Å². The number of benzene rings is 2. The number of carboxylic acids is 1.